The van der Waals surface area contributed by atoms with Gasteiger partial charge in [0.2, 0.25) is 17.6 Å². The van der Waals surface area contributed by atoms with Crippen LogP contribution in [0.15, 0.2) is 30.3 Å². The fraction of sp³-hybridized carbons (Fsp3) is 0.286. The lowest BCUT2D eigenvalue weighted by atomic mass is 10.1. The first-order valence-corrected chi connectivity index (χ1v) is 9.63. The number of nitrogens with one attached hydrogen (secondary N) is 3. The Bertz CT molecular complexity index is 957. The fourth-order valence-corrected chi connectivity index (χ4v) is 2.65. The number of hydrogen-bond acceptors (Lipinski definition) is 3. The molecule has 2 rings (SSSR count). The molecule has 0 spiro atoms. The summed E-state index contributed by atoms with van der Waals surface area (Å²) >= 11 is 0. The Labute approximate surface area is 180 Å². The summed E-state index contributed by atoms with van der Waals surface area (Å²) in [5, 5.41) is 7.28. The van der Waals surface area contributed by atoms with Crippen molar-refractivity contribution >= 4 is 23.4 Å². The van der Waals surface area contributed by atoms with Gasteiger partial charge >= 0.3 is 0 Å². The summed E-state index contributed by atoms with van der Waals surface area (Å²) in [5.74, 6) is -13.3. The van der Waals surface area contributed by atoms with Crippen molar-refractivity contribution in [2.75, 3.05) is 18.4 Å². The van der Waals surface area contributed by atoms with Gasteiger partial charge in [-0.1, -0.05) is 18.2 Å². The normalized spacial score (nSPS) is 10.5. The highest BCUT2D eigenvalue weighted by atomic mass is 19.2. The Morgan fingerprint density at radius 1 is 0.656 bits per heavy atom. The molecule has 0 bridgehead atoms. The topological polar surface area (TPSA) is 87.3 Å². The Morgan fingerprint density at radius 2 is 1.16 bits per heavy atom. The molecule has 0 saturated carbocycles. The molecule has 0 atom stereocenters. The number of benzene rings is 2. The molecule has 0 heterocycles. The summed E-state index contributed by atoms with van der Waals surface area (Å²) in [7, 11) is 0. The minimum atomic E-state index is -2.36. The van der Waals surface area contributed by atoms with E-state index in [-0.39, 0.29) is 44.2 Å². The van der Waals surface area contributed by atoms with Gasteiger partial charge in [-0.25, -0.2) is 22.0 Å². The predicted octanol–water partition coefficient (Wildman–Crippen LogP) is 3.43. The van der Waals surface area contributed by atoms with Crippen molar-refractivity contribution in [2.45, 2.75) is 25.7 Å². The average Bonchev–Trinajstić information content (AvgIpc) is 2.77. The SMILES string of the molecule is O=C(CCCNC(=O)c1c(F)c(F)c(F)c(F)c1F)NCCCC(=O)Nc1ccccc1. The molecule has 0 unspecified atom stereocenters. The number of anilines is 1. The lowest BCUT2D eigenvalue weighted by molar-refractivity contribution is -0.121. The molecular formula is C21H20F5N3O3. The largest absolute Gasteiger partial charge is 0.356 e. The molecule has 0 aromatic heterocycles. The first-order chi connectivity index (χ1) is 15.2. The first-order valence-electron chi connectivity index (χ1n) is 9.63. The first kappa shape index (κ1) is 24.8. The maximum Gasteiger partial charge on any atom is 0.257 e. The molecule has 172 valence electrons. The van der Waals surface area contributed by atoms with E-state index in [1.165, 1.54) is 0 Å². The molecule has 0 fully saturated rings. The van der Waals surface area contributed by atoms with Crippen molar-refractivity contribution in [3.63, 3.8) is 0 Å². The van der Waals surface area contributed by atoms with Crippen LogP contribution >= 0.6 is 0 Å². The number of carbonyl (C=O) groups is 3. The predicted molar refractivity (Wildman–Crippen MR) is 105 cm³/mol. The van der Waals surface area contributed by atoms with Crippen LogP contribution in [0.5, 0.6) is 0 Å². The standard InChI is InChI=1S/C21H20F5N3O3/c22-16-15(17(23)19(25)20(26)18(16)24)21(32)28-11-4-8-13(30)27-10-5-9-14(31)29-12-6-2-1-3-7-12/h1-3,6-7H,4-5,8-11H2,(H,27,30)(H,28,32)(H,29,31). The quantitative estimate of drug-likeness (QED) is 0.221. The number of carbonyl (C=O) groups excluding carboxylic acids is 3. The number of para-hydroxylation sites is 1. The van der Waals surface area contributed by atoms with E-state index in [0.717, 1.165) is 0 Å². The third-order valence-electron chi connectivity index (χ3n) is 4.26. The fourth-order valence-electron chi connectivity index (χ4n) is 2.65. The summed E-state index contributed by atoms with van der Waals surface area (Å²) in [6, 6.07) is 8.85. The van der Waals surface area contributed by atoms with Crippen LogP contribution in [0.3, 0.4) is 0 Å². The van der Waals surface area contributed by atoms with Gasteiger partial charge in [0.15, 0.2) is 23.3 Å². The van der Waals surface area contributed by atoms with Crippen LogP contribution in [0.25, 0.3) is 0 Å². The lowest BCUT2D eigenvalue weighted by Gasteiger charge is -2.09. The summed E-state index contributed by atoms with van der Waals surface area (Å²) in [4.78, 5) is 35.3. The van der Waals surface area contributed by atoms with E-state index in [1.54, 1.807) is 24.3 Å². The molecule has 3 N–H and O–H groups in total. The van der Waals surface area contributed by atoms with Crippen molar-refractivity contribution in [2.24, 2.45) is 0 Å². The lowest BCUT2D eigenvalue weighted by Crippen LogP contribution is -2.30. The molecule has 2 aromatic carbocycles. The van der Waals surface area contributed by atoms with Gasteiger partial charge < -0.3 is 16.0 Å². The van der Waals surface area contributed by atoms with E-state index in [0.29, 0.717) is 12.1 Å². The Balaban J connectivity index is 1.65. The highest BCUT2D eigenvalue weighted by molar-refractivity contribution is 5.94. The van der Waals surface area contributed by atoms with Gasteiger partial charge in [0.1, 0.15) is 5.56 Å². The van der Waals surface area contributed by atoms with Crippen molar-refractivity contribution in [1.82, 2.24) is 10.6 Å². The highest BCUT2D eigenvalue weighted by Crippen LogP contribution is 2.22. The van der Waals surface area contributed by atoms with Gasteiger partial charge in [0.05, 0.1) is 0 Å². The van der Waals surface area contributed by atoms with E-state index in [1.807, 2.05) is 11.4 Å². The summed E-state index contributed by atoms with van der Waals surface area (Å²) < 4.78 is 66.4. The van der Waals surface area contributed by atoms with Gasteiger partial charge in [0, 0.05) is 31.6 Å². The summed E-state index contributed by atoms with van der Waals surface area (Å²) in [6.45, 7) is 0.00316. The molecule has 0 radical (unpaired) electrons. The number of hydrogen-bond donors (Lipinski definition) is 3. The van der Waals surface area contributed by atoms with Crippen molar-refractivity contribution < 1.29 is 36.3 Å². The zero-order chi connectivity index (χ0) is 23.7. The van der Waals surface area contributed by atoms with E-state index < -0.39 is 40.6 Å². The van der Waals surface area contributed by atoms with Gasteiger partial charge in [-0.3, -0.25) is 14.4 Å². The van der Waals surface area contributed by atoms with E-state index >= 15 is 0 Å². The van der Waals surface area contributed by atoms with Crippen molar-refractivity contribution in [3.8, 4) is 0 Å². The zero-order valence-electron chi connectivity index (χ0n) is 16.7. The van der Waals surface area contributed by atoms with E-state index in [4.69, 9.17) is 0 Å². The molecule has 0 saturated heterocycles. The molecule has 0 aliphatic carbocycles. The Hall–Kier alpha value is -3.50. The van der Waals surface area contributed by atoms with Crippen molar-refractivity contribution in [3.05, 3.63) is 65.0 Å². The Kier molecular flexibility index (Phi) is 9.11. The van der Waals surface area contributed by atoms with Gasteiger partial charge in [-0.15, -0.1) is 0 Å². The van der Waals surface area contributed by atoms with E-state index in [9.17, 15) is 36.3 Å². The molecule has 2 aromatic rings. The minimum absolute atomic E-state index is 0.0570. The van der Waals surface area contributed by atoms with Crippen LogP contribution in [0, 0.1) is 29.1 Å². The Morgan fingerprint density at radius 3 is 1.75 bits per heavy atom. The molecule has 3 amide bonds. The third-order valence-corrected chi connectivity index (χ3v) is 4.26. The van der Waals surface area contributed by atoms with Gasteiger partial charge in [-0.05, 0) is 25.0 Å². The van der Waals surface area contributed by atoms with E-state index in [2.05, 4.69) is 10.6 Å². The van der Waals surface area contributed by atoms with Crippen LogP contribution in [0.4, 0.5) is 27.6 Å². The van der Waals surface area contributed by atoms with Gasteiger partial charge in [0.25, 0.3) is 5.91 Å². The molecular weight excluding hydrogens is 437 g/mol. The van der Waals surface area contributed by atoms with Crippen LogP contribution in [-0.4, -0.2) is 30.8 Å². The summed E-state index contributed by atoms with van der Waals surface area (Å²) in [5.41, 5.74) is -0.922. The number of halogens is 5. The smallest absolute Gasteiger partial charge is 0.257 e. The number of amides is 3. The van der Waals surface area contributed by atoms with Crippen molar-refractivity contribution in [1.29, 1.82) is 0 Å². The van der Waals surface area contributed by atoms with Crippen LogP contribution in [0.2, 0.25) is 0 Å². The molecule has 32 heavy (non-hydrogen) atoms. The minimum Gasteiger partial charge on any atom is -0.356 e. The van der Waals surface area contributed by atoms with Crippen LogP contribution in [0.1, 0.15) is 36.0 Å². The second-order valence-electron chi connectivity index (χ2n) is 6.67. The highest BCUT2D eigenvalue weighted by Gasteiger charge is 2.29. The maximum absolute atomic E-state index is 13.6. The van der Waals surface area contributed by atoms with Crippen LogP contribution < -0.4 is 16.0 Å². The average molecular weight is 457 g/mol. The zero-order valence-corrected chi connectivity index (χ0v) is 16.7. The van der Waals surface area contributed by atoms with Crippen LogP contribution in [-0.2, 0) is 9.59 Å². The third kappa shape index (κ3) is 6.76. The second kappa shape index (κ2) is 11.8. The second-order valence-corrected chi connectivity index (χ2v) is 6.67. The van der Waals surface area contributed by atoms with Gasteiger partial charge in [-0.2, -0.15) is 0 Å². The maximum atomic E-state index is 13.6. The summed E-state index contributed by atoms with van der Waals surface area (Å²) in [6.07, 6.45) is 0.573. The molecule has 0 aliphatic heterocycles. The monoisotopic (exact) mass is 457 g/mol. The molecule has 11 heteroatoms. The number of rotatable bonds is 10. The molecule has 6 nitrogen and oxygen atoms in total. The molecule has 0 aliphatic rings.